The maximum atomic E-state index is 13.0. The van der Waals surface area contributed by atoms with Crippen molar-refractivity contribution >= 4 is 11.9 Å². The number of hydrogen-bond donors (Lipinski definition) is 0. The van der Waals surface area contributed by atoms with E-state index in [1.165, 1.54) is 9.80 Å². The average Bonchev–Trinajstić information content (AvgIpc) is 3.21. The molecule has 0 fully saturated rings. The molecule has 0 aliphatic carbocycles. The van der Waals surface area contributed by atoms with Gasteiger partial charge in [-0.1, -0.05) is 30.3 Å². The van der Waals surface area contributed by atoms with Crippen molar-refractivity contribution in [3.05, 3.63) is 60.1 Å². The van der Waals surface area contributed by atoms with E-state index in [2.05, 4.69) is 0 Å². The monoisotopic (exact) mass is 387 g/mol. The van der Waals surface area contributed by atoms with Crippen LogP contribution < -0.4 is 0 Å². The van der Waals surface area contributed by atoms with E-state index in [4.69, 9.17) is 9.15 Å². The summed E-state index contributed by atoms with van der Waals surface area (Å²) in [5.74, 6) is 0.586. The van der Waals surface area contributed by atoms with Gasteiger partial charge in [0.15, 0.2) is 0 Å². The molecule has 0 spiro atoms. The lowest BCUT2D eigenvalue weighted by molar-refractivity contribution is -0.132. The quantitative estimate of drug-likeness (QED) is 0.628. The first-order valence-corrected chi connectivity index (χ1v) is 9.30. The van der Waals surface area contributed by atoms with Gasteiger partial charge in [-0.15, -0.1) is 0 Å². The maximum Gasteiger partial charge on any atom is 0.320 e. The summed E-state index contributed by atoms with van der Waals surface area (Å²) in [6, 6.07) is 13.4. The number of carbonyl (C=O) groups excluding carboxylic acids is 2. The molecule has 0 bridgehead atoms. The average molecular weight is 387 g/mol. The number of urea groups is 1. The van der Waals surface area contributed by atoms with Crippen LogP contribution in [0.1, 0.15) is 11.3 Å². The van der Waals surface area contributed by atoms with Crippen molar-refractivity contribution < 1.29 is 18.7 Å². The fraction of sp³-hybridized carbons (Fsp3) is 0.429. The summed E-state index contributed by atoms with van der Waals surface area (Å²) in [6.07, 6.45) is 2.32. The summed E-state index contributed by atoms with van der Waals surface area (Å²) in [4.78, 5) is 30.1. The number of ether oxygens (including phenoxy) is 1. The van der Waals surface area contributed by atoms with Gasteiger partial charge in [-0.25, -0.2) is 4.79 Å². The van der Waals surface area contributed by atoms with E-state index in [0.717, 1.165) is 12.0 Å². The van der Waals surface area contributed by atoms with Crippen LogP contribution in [-0.2, 0) is 22.5 Å². The molecule has 7 nitrogen and oxygen atoms in total. The molecule has 0 N–H and O–H groups in total. The second-order valence-corrected chi connectivity index (χ2v) is 6.72. The van der Waals surface area contributed by atoms with Gasteiger partial charge in [-0.2, -0.15) is 0 Å². The van der Waals surface area contributed by atoms with E-state index in [1.807, 2.05) is 36.4 Å². The van der Waals surface area contributed by atoms with Gasteiger partial charge in [-0.05, 0) is 24.1 Å². The third-order valence-corrected chi connectivity index (χ3v) is 4.34. The van der Waals surface area contributed by atoms with Crippen molar-refractivity contribution in [3.63, 3.8) is 0 Å². The Bertz CT molecular complexity index is 717. The summed E-state index contributed by atoms with van der Waals surface area (Å²) >= 11 is 0. The van der Waals surface area contributed by atoms with E-state index in [9.17, 15) is 9.59 Å². The number of methoxy groups -OCH3 is 1. The van der Waals surface area contributed by atoms with E-state index in [1.54, 1.807) is 38.4 Å². The van der Waals surface area contributed by atoms with Gasteiger partial charge in [0.25, 0.3) is 0 Å². The number of rotatable bonds is 10. The first kappa shape index (κ1) is 21.5. The molecule has 0 atom stereocenters. The molecule has 28 heavy (non-hydrogen) atoms. The predicted molar refractivity (Wildman–Crippen MR) is 107 cm³/mol. The predicted octanol–water partition coefficient (Wildman–Crippen LogP) is 2.48. The second kappa shape index (κ2) is 11.1. The first-order valence-electron chi connectivity index (χ1n) is 9.30. The van der Waals surface area contributed by atoms with Gasteiger partial charge in [0.05, 0.1) is 19.4 Å². The number of amides is 3. The van der Waals surface area contributed by atoms with Crippen LogP contribution in [0, 0.1) is 0 Å². The summed E-state index contributed by atoms with van der Waals surface area (Å²) < 4.78 is 10.5. The molecule has 2 aromatic rings. The van der Waals surface area contributed by atoms with Crippen molar-refractivity contribution in [1.82, 2.24) is 14.7 Å². The van der Waals surface area contributed by atoms with Gasteiger partial charge in [0.1, 0.15) is 12.3 Å². The van der Waals surface area contributed by atoms with Crippen LogP contribution in [-0.4, -0.2) is 74.1 Å². The highest BCUT2D eigenvalue weighted by Crippen LogP contribution is 2.09. The molecule has 0 aliphatic rings. The van der Waals surface area contributed by atoms with Crippen LogP contribution in [0.2, 0.25) is 0 Å². The molecule has 7 heteroatoms. The molecule has 1 aromatic heterocycles. The zero-order valence-electron chi connectivity index (χ0n) is 16.8. The summed E-state index contributed by atoms with van der Waals surface area (Å²) in [5.41, 5.74) is 1.15. The molecule has 0 unspecified atom stereocenters. The van der Waals surface area contributed by atoms with Gasteiger partial charge in [0, 0.05) is 34.3 Å². The molecular formula is C21H29N3O4. The van der Waals surface area contributed by atoms with Crippen molar-refractivity contribution in [3.8, 4) is 0 Å². The van der Waals surface area contributed by atoms with E-state index < -0.39 is 0 Å². The largest absolute Gasteiger partial charge is 0.467 e. The van der Waals surface area contributed by atoms with Gasteiger partial charge in [-0.3, -0.25) is 4.79 Å². The molecule has 0 saturated heterocycles. The Balaban J connectivity index is 2.07. The minimum absolute atomic E-state index is 0.00410. The minimum atomic E-state index is -0.216. The Labute approximate surface area is 166 Å². The highest BCUT2D eigenvalue weighted by molar-refractivity contribution is 5.84. The highest BCUT2D eigenvalue weighted by atomic mass is 16.5. The van der Waals surface area contributed by atoms with Crippen molar-refractivity contribution in [1.29, 1.82) is 0 Å². The number of carbonyl (C=O) groups is 2. The zero-order valence-corrected chi connectivity index (χ0v) is 16.8. The molecular weight excluding hydrogens is 358 g/mol. The Morgan fingerprint density at radius 1 is 1.00 bits per heavy atom. The fourth-order valence-electron chi connectivity index (χ4n) is 2.78. The fourth-order valence-corrected chi connectivity index (χ4v) is 2.78. The third kappa shape index (κ3) is 6.74. The van der Waals surface area contributed by atoms with E-state index in [0.29, 0.717) is 32.0 Å². The van der Waals surface area contributed by atoms with Crippen molar-refractivity contribution in [2.75, 3.05) is 47.4 Å². The van der Waals surface area contributed by atoms with E-state index in [-0.39, 0.29) is 18.5 Å². The summed E-state index contributed by atoms with van der Waals surface area (Å²) in [5, 5.41) is 0. The van der Waals surface area contributed by atoms with Crippen LogP contribution in [0.4, 0.5) is 4.79 Å². The van der Waals surface area contributed by atoms with Gasteiger partial charge in [0.2, 0.25) is 5.91 Å². The molecule has 0 saturated carbocycles. The van der Waals surface area contributed by atoms with Gasteiger partial charge < -0.3 is 23.9 Å². The maximum absolute atomic E-state index is 13.0. The van der Waals surface area contributed by atoms with E-state index >= 15 is 0 Å². The number of benzene rings is 1. The molecule has 0 radical (unpaired) electrons. The molecule has 152 valence electrons. The molecule has 1 heterocycles. The molecule has 0 aliphatic heterocycles. The third-order valence-electron chi connectivity index (χ3n) is 4.34. The number of furan rings is 1. The lowest BCUT2D eigenvalue weighted by Gasteiger charge is -2.29. The van der Waals surface area contributed by atoms with Crippen LogP contribution in [0.15, 0.2) is 53.1 Å². The SMILES string of the molecule is COCCN(CC(=O)N(CCc1ccccc1)Cc1ccco1)C(=O)N(C)C. The van der Waals surface area contributed by atoms with Crippen molar-refractivity contribution in [2.45, 2.75) is 13.0 Å². The lowest BCUT2D eigenvalue weighted by atomic mass is 10.1. The molecule has 2 rings (SSSR count). The number of nitrogens with zero attached hydrogens (tertiary/aromatic N) is 3. The minimum Gasteiger partial charge on any atom is -0.467 e. The Hall–Kier alpha value is -2.80. The molecule has 3 amide bonds. The second-order valence-electron chi connectivity index (χ2n) is 6.72. The summed E-state index contributed by atoms with van der Waals surface area (Å²) in [7, 11) is 4.91. The van der Waals surface area contributed by atoms with Gasteiger partial charge >= 0.3 is 6.03 Å². The topological polar surface area (TPSA) is 66.2 Å². The summed E-state index contributed by atoms with van der Waals surface area (Å²) in [6.45, 7) is 1.63. The Kier molecular flexibility index (Phi) is 8.55. The highest BCUT2D eigenvalue weighted by Gasteiger charge is 2.23. The first-order chi connectivity index (χ1) is 13.5. The standard InChI is InChI=1S/C21H29N3O4/c1-22(2)21(26)24(13-15-27-3)17-20(25)23(16-19-10-7-14-28-19)12-11-18-8-5-4-6-9-18/h4-10,14H,11-13,15-17H2,1-3H3. The zero-order chi connectivity index (χ0) is 20.4. The lowest BCUT2D eigenvalue weighted by Crippen LogP contribution is -2.47. The smallest absolute Gasteiger partial charge is 0.320 e. The van der Waals surface area contributed by atoms with Crippen molar-refractivity contribution in [2.24, 2.45) is 0 Å². The number of hydrogen-bond acceptors (Lipinski definition) is 4. The Morgan fingerprint density at radius 3 is 2.36 bits per heavy atom. The van der Waals surface area contributed by atoms with Crippen LogP contribution in [0.25, 0.3) is 0 Å². The van der Waals surface area contributed by atoms with Crippen LogP contribution in [0.3, 0.4) is 0 Å². The Morgan fingerprint density at radius 2 is 1.75 bits per heavy atom. The van der Waals surface area contributed by atoms with Crippen LogP contribution in [0.5, 0.6) is 0 Å². The normalized spacial score (nSPS) is 10.5. The van der Waals surface area contributed by atoms with Crippen LogP contribution >= 0.6 is 0 Å². The molecule has 1 aromatic carbocycles.